The monoisotopic (exact) mass is 647 g/mol. The number of likely N-dealkylation sites (tertiary alicyclic amines) is 1. The number of rotatable bonds is 7. The molecule has 0 spiro atoms. The number of likely N-dealkylation sites (N-methyl/N-ethyl adjacent to an activating group) is 1. The quantitative estimate of drug-likeness (QED) is 0.321. The lowest BCUT2D eigenvalue weighted by molar-refractivity contribution is -0.131. The Morgan fingerprint density at radius 2 is 2.02 bits per heavy atom. The van der Waals surface area contributed by atoms with Crippen molar-refractivity contribution in [2.24, 2.45) is 5.92 Å². The lowest BCUT2D eigenvalue weighted by atomic mass is 10.00. The molecule has 3 aromatic rings. The van der Waals surface area contributed by atoms with Crippen LogP contribution in [0.15, 0.2) is 42.7 Å². The number of halogens is 3. The van der Waals surface area contributed by atoms with Gasteiger partial charge in [-0.1, -0.05) is 36.4 Å². The van der Waals surface area contributed by atoms with E-state index in [1.807, 2.05) is 18.2 Å². The molecule has 0 unspecified atom stereocenters. The summed E-state index contributed by atoms with van der Waals surface area (Å²) in [6.45, 7) is 5.65. The summed E-state index contributed by atoms with van der Waals surface area (Å²) in [5, 5.41) is 11.1. The van der Waals surface area contributed by atoms with Crippen LogP contribution in [0.5, 0.6) is 6.01 Å². The van der Waals surface area contributed by atoms with Crippen LogP contribution in [-0.4, -0.2) is 83.6 Å². The number of fused-ring (bicyclic) bond motifs is 4. The van der Waals surface area contributed by atoms with Crippen molar-refractivity contribution in [2.45, 2.75) is 56.8 Å². The number of carbonyl (C=O) groups excluding carboxylic acids is 1. The van der Waals surface area contributed by atoms with E-state index in [0.29, 0.717) is 68.4 Å². The van der Waals surface area contributed by atoms with Crippen molar-refractivity contribution in [1.29, 1.82) is 5.26 Å². The maximum Gasteiger partial charge on any atom is 0.318 e. The van der Waals surface area contributed by atoms with Crippen molar-refractivity contribution in [3.63, 3.8) is 0 Å². The molecule has 1 aliphatic carbocycles. The summed E-state index contributed by atoms with van der Waals surface area (Å²) in [6.07, 6.45) is 4.28. The van der Waals surface area contributed by atoms with Gasteiger partial charge in [0, 0.05) is 54.9 Å². The minimum Gasteiger partial charge on any atom is -0.462 e. The number of benzene rings is 2. The highest BCUT2D eigenvalue weighted by Gasteiger charge is 2.44. The van der Waals surface area contributed by atoms with Crippen LogP contribution in [0.25, 0.3) is 10.8 Å². The minimum atomic E-state index is -1.04. The van der Waals surface area contributed by atoms with Gasteiger partial charge in [-0.25, -0.2) is 8.78 Å². The summed E-state index contributed by atoms with van der Waals surface area (Å²) in [5.41, 5.74) is 2.58. The zero-order valence-electron chi connectivity index (χ0n) is 25.8. The van der Waals surface area contributed by atoms with E-state index in [9.17, 15) is 18.8 Å². The van der Waals surface area contributed by atoms with Crippen LogP contribution in [-0.2, 0) is 17.8 Å². The number of nitriles is 1. The Balaban J connectivity index is 1.22. The largest absolute Gasteiger partial charge is 0.462 e. The van der Waals surface area contributed by atoms with E-state index in [4.69, 9.17) is 26.3 Å². The number of hydrogen-bond acceptors (Lipinski definition) is 8. The molecule has 240 valence electrons. The fourth-order valence-electron chi connectivity index (χ4n) is 7.95. The molecule has 1 amide bonds. The van der Waals surface area contributed by atoms with Crippen molar-refractivity contribution in [3.8, 4) is 12.1 Å². The smallest absolute Gasteiger partial charge is 0.318 e. The van der Waals surface area contributed by atoms with Crippen molar-refractivity contribution in [3.05, 3.63) is 64.8 Å². The molecule has 1 saturated carbocycles. The number of carbonyl (C=O) groups is 1. The van der Waals surface area contributed by atoms with Gasteiger partial charge in [-0.3, -0.25) is 9.69 Å². The zero-order valence-corrected chi connectivity index (χ0v) is 26.5. The normalized spacial score (nSPS) is 24.3. The number of aromatic nitrogens is 2. The van der Waals surface area contributed by atoms with Crippen molar-refractivity contribution in [2.75, 3.05) is 49.6 Å². The average Bonchev–Trinajstić information content (AvgIpc) is 3.66. The maximum absolute atomic E-state index is 14.6. The molecule has 4 heterocycles. The number of hydrogen-bond donors (Lipinski definition) is 0. The fraction of sp³-hybridized carbons (Fsp3) is 0.471. The summed E-state index contributed by atoms with van der Waals surface area (Å²) in [7, 11) is 2.16. The van der Waals surface area contributed by atoms with Crippen LogP contribution >= 0.6 is 11.6 Å². The number of piperidine rings is 1. The lowest BCUT2D eigenvalue weighted by Gasteiger charge is -2.42. The molecule has 3 aliphatic heterocycles. The highest BCUT2D eigenvalue weighted by atomic mass is 35.5. The van der Waals surface area contributed by atoms with Gasteiger partial charge in [0.2, 0.25) is 0 Å². The standard InChI is InChI=1S/C34H36ClF2N7O2/c1-20(36)33(45)44-15-14-43(17-24(44)10-12-38)32-25-11-13-42(28-5-3-4-21-7-9-26(37)31(35)30(21)28)18-27(25)39-34(40-32)46-19-29-22-6-8-23(16-22)41(29)2/h3-5,7,9,22-24,29H,1,6,8,10-11,13-19H2,2H3/t22-,23+,24+,29-/m1/s1. The molecule has 2 bridgehead atoms. The molecule has 2 saturated heterocycles. The topological polar surface area (TPSA) is 88.8 Å². The number of anilines is 2. The fourth-order valence-corrected chi connectivity index (χ4v) is 8.22. The Morgan fingerprint density at radius 3 is 2.78 bits per heavy atom. The number of amides is 1. The molecule has 4 aliphatic rings. The summed E-state index contributed by atoms with van der Waals surface area (Å²) >= 11 is 6.50. The predicted octanol–water partition coefficient (Wildman–Crippen LogP) is 5.26. The molecule has 0 radical (unpaired) electrons. The molecule has 4 atom stereocenters. The number of nitrogens with zero attached hydrogens (tertiary/aromatic N) is 7. The Morgan fingerprint density at radius 1 is 1.17 bits per heavy atom. The van der Waals surface area contributed by atoms with Gasteiger partial charge < -0.3 is 19.4 Å². The Hall–Kier alpha value is -4.01. The van der Waals surface area contributed by atoms with E-state index in [-0.39, 0.29) is 24.0 Å². The van der Waals surface area contributed by atoms with Gasteiger partial charge in [-0.05, 0) is 56.2 Å². The summed E-state index contributed by atoms with van der Waals surface area (Å²) in [6, 6.07) is 11.7. The average molecular weight is 648 g/mol. The third-order valence-corrected chi connectivity index (χ3v) is 10.7. The molecule has 0 N–H and O–H groups in total. The number of ether oxygens (including phenoxy) is 1. The minimum absolute atomic E-state index is 0.0505. The second-order valence-corrected chi connectivity index (χ2v) is 13.2. The second kappa shape index (κ2) is 12.3. The third-order valence-electron chi connectivity index (χ3n) is 10.4. The van der Waals surface area contributed by atoms with Gasteiger partial charge in [-0.2, -0.15) is 15.2 Å². The number of piperazine rings is 1. The Kier molecular flexibility index (Phi) is 8.19. The van der Waals surface area contributed by atoms with Crippen molar-refractivity contribution >= 4 is 39.8 Å². The van der Waals surface area contributed by atoms with E-state index >= 15 is 0 Å². The predicted molar refractivity (Wildman–Crippen MR) is 172 cm³/mol. The van der Waals surface area contributed by atoms with Crippen molar-refractivity contribution < 1.29 is 18.3 Å². The van der Waals surface area contributed by atoms with Gasteiger partial charge in [0.05, 0.1) is 35.8 Å². The summed E-state index contributed by atoms with van der Waals surface area (Å²) < 4.78 is 34.8. The Labute approximate surface area is 272 Å². The summed E-state index contributed by atoms with van der Waals surface area (Å²) in [4.78, 5) is 30.4. The molecule has 7 rings (SSSR count). The SMILES string of the molecule is C=C(F)C(=O)N1CCN(c2nc(OC[C@@H]3[C@@H]4CC[C@@H](C4)N3C)nc3c2CCN(c2cccc4ccc(F)c(Cl)c24)C3)C[C@@H]1CC#N. The molecule has 9 nitrogen and oxygen atoms in total. The molecule has 1 aromatic heterocycles. The molecule has 12 heteroatoms. The van der Waals surface area contributed by atoms with Gasteiger partial charge in [0.1, 0.15) is 18.2 Å². The Bertz CT molecular complexity index is 1750. The van der Waals surface area contributed by atoms with Crippen LogP contribution in [0.1, 0.15) is 36.9 Å². The van der Waals surface area contributed by atoms with Crippen LogP contribution in [0.2, 0.25) is 5.02 Å². The third kappa shape index (κ3) is 5.41. The molecular formula is C34H36ClF2N7O2. The maximum atomic E-state index is 14.6. The first-order valence-electron chi connectivity index (χ1n) is 15.9. The van der Waals surface area contributed by atoms with Gasteiger partial charge in [0.15, 0.2) is 5.83 Å². The van der Waals surface area contributed by atoms with E-state index in [0.717, 1.165) is 22.3 Å². The highest BCUT2D eigenvalue weighted by molar-refractivity contribution is 6.36. The molecular weight excluding hydrogens is 612 g/mol. The molecule has 3 fully saturated rings. The summed E-state index contributed by atoms with van der Waals surface area (Å²) in [5.74, 6) is -0.986. The molecule has 46 heavy (non-hydrogen) atoms. The van der Waals surface area contributed by atoms with Crippen LogP contribution in [0.4, 0.5) is 20.3 Å². The van der Waals surface area contributed by atoms with Crippen molar-refractivity contribution in [1.82, 2.24) is 19.8 Å². The second-order valence-electron chi connectivity index (χ2n) is 12.8. The van der Waals surface area contributed by atoms with E-state index in [1.165, 1.54) is 30.2 Å². The van der Waals surface area contributed by atoms with Gasteiger partial charge >= 0.3 is 6.01 Å². The first kappa shape index (κ1) is 30.6. The van der Waals surface area contributed by atoms with Gasteiger partial charge in [-0.15, -0.1) is 0 Å². The van der Waals surface area contributed by atoms with Crippen LogP contribution in [0.3, 0.4) is 0 Å². The zero-order chi connectivity index (χ0) is 32.1. The van der Waals surface area contributed by atoms with Crippen LogP contribution < -0.4 is 14.5 Å². The lowest BCUT2D eigenvalue weighted by Crippen LogP contribution is -2.55. The van der Waals surface area contributed by atoms with E-state index in [1.54, 1.807) is 6.07 Å². The molecule has 2 aromatic carbocycles. The van der Waals surface area contributed by atoms with E-state index in [2.05, 4.69) is 34.4 Å². The highest BCUT2D eigenvalue weighted by Crippen LogP contribution is 2.42. The van der Waals surface area contributed by atoms with E-state index < -0.39 is 23.6 Å². The van der Waals surface area contributed by atoms with Crippen LogP contribution in [0, 0.1) is 23.1 Å². The first-order chi connectivity index (χ1) is 22.2. The van der Waals surface area contributed by atoms with Gasteiger partial charge in [0.25, 0.3) is 5.91 Å². The first-order valence-corrected chi connectivity index (χ1v) is 16.2.